The molecule has 8 nitrogen and oxygen atoms in total. The van der Waals surface area contributed by atoms with Crippen molar-refractivity contribution in [2.75, 3.05) is 0 Å². The molecule has 1 aliphatic rings. The van der Waals surface area contributed by atoms with Crippen LogP contribution in [0.1, 0.15) is 11.1 Å². The second kappa shape index (κ2) is 7.79. The Hall–Kier alpha value is -3.20. The van der Waals surface area contributed by atoms with Crippen LogP contribution in [0.5, 0.6) is 5.75 Å². The second-order valence-electron chi connectivity index (χ2n) is 5.43. The van der Waals surface area contributed by atoms with E-state index in [1.165, 1.54) is 36.2 Å². The number of carbonyl (C=O) groups is 1. The number of amidine groups is 1. The lowest BCUT2D eigenvalue weighted by molar-refractivity contribution is -0.385. The van der Waals surface area contributed by atoms with Crippen molar-refractivity contribution in [3.8, 4) is 5.75 Å². The lowest BCUT2D eigenvalue weighted by Crippen LogP contribution is -2.26. The van der Waals surface area contributed by atoms with Crippen LogP contribution in [0.25, 0.3) is 0 Å². The summed E-state index contributed by atoms with van der Waals surface area (Å²) in [6.45, 7) is 0. The van der Waals surface area contributed by atoms with E-state index in [-0.39, 0.29) is 23.8 Å². The molecule has 0 aliphatic carbocycles. The zero-order valence-electron chi connectivity index (χ0n) is 13.4. The number of phenolic OH excluding ortho intramolecular Hbond substituents is 1. The molecule has 0 spiro atoms. The van der Waals surface area contributed by atoms with Crippen molar-refractivity contribution in [2.45, 2.75) is 11.7 Å². The molecule has 1 heterocycles. The summed E-state index contributed by atoms with van der Waals surface area (Å²) in [6, 6.07) is 12.8. The summed E-state index contributed by atoms with van der Waals surface area (Å²) >= 11 is 1.18. The van der Waals surface area contributed by atoms with Crippen LogP contribution in [0, 0.1) is 10.1 Å². The molecule has 0 aromatic heterocycles. The molecule has 2 N–H and O–H groups in total. The first-order valence-electron chi connectivity index (χ1n) is 7.63. The fourth-order valence-electron chi connectivity index (χ4n) is 2.36. The van der Waals surface area contributed by atoms with Crippen LogP contribution >= 0.6 is 11.8 Å². The SMILES string of the molecule is O=C1N/C(=N\N=C/c2ccc(O)cc2)S[C@H]1Cc1ccccc1[N+](=O)[O-]. The van der Waals surface area contributed by atoms with Gasteiger partial charge in [-0.3, -0.25) is 14.9 Å². The average Bonchev–Trinajstić information content (AvgIpc) is 2.96. The van der Waals surface area contributed by atoms with E-state index >= 15 is 0 Å². The third kappa shape index (κ3) is 4.25. The molecular weight excluding hydrogens is 356 g/mol. The molecule has 0 bridgehead atoms. The largest absolute Gasteiger partial charge is 0.508 e. The van der Waals surface area contributed by atoms with Gasteiger partial charge in [0.05, 0.1) is 16.4 Å². The van der Waals surface area contributed by atoms with E-state index in [2.05, 4.69) is 15.5 Å². The average molecular weight is 370 g/mol. The van der Waals surface area contributed by atoms with Crippen LogP contribution in [0.2, 0.25) is 0 Å². The molecule has 2 aromatic rings. The third-order valence-corrected chi connectivity index (χ3v) is 4.69. The standard InChI is InChI=1S/C17H14N4O4S/c22-13-7-5-11(6-8-13)10-18-20-17-19-16(23)15(26-17)9-12-3-1-2-4-14(12)21(24)25/h1-8,10,15,22H,9H2,(H,19,20,23)/b18-10-/t15-/m0/s1. The van der Waals surface area contributed by atoms with Crippen LogP contribution in [-0.4, -0.2) is 32.6 Å². The van der Waals surface area contributed by atoms with E-state index in [4.69, 9.17) is 0 Å². The minimum atomic E-state index is -0.501. The lowest BCUT2D eigenvalue weighted by atomic mass is 10.1. The number of carbonyl (C=O) groups excluding carboxylic acids is 1. The van der Waals surface area contributed by atoms with Gasteiger partial charge in [0.2, 0.25) is 5.91 Å². The van der Waals surface area contributed by atoms with E-state index < -0.39 is 10.2 Å². The molecule has 1 saturated heterocycles. The fourth-order valence-corrected chi connectivity index (χ4v) is 3.31. The van der Waals surface area contributed by atoms with E-state index in [1.54, 1.807) is 30.3 Å². The highest BCUT2D eigenvalue weighted by atomic mass is 32.2. The minimum absolute atomic E-state index is 0.00311. The molecule has 0 unspecified atom stereocenters. The summed E-state index contributed by atoms with van der Waals surface area (Å²) in [4.78, 5) is 22.7. The Labute approximate surface area is 152 Å². The van der Waals surface area contributed by atoms with Crippen molar-refractivity contribution in [3.05, 3.63) is 69.8 Å². The van der Waals surface area contributed by atoms with Crippen LogP contribution in [0.3, 0.4) is 0 Å². The van der Waals surface area contributed by atoms with Gasteiger partial charge in [-0.15, -0.1) is 5.10 Å². The summed E-state index contributed by atoms with van der Waals surface area (Å²) in [6.07, 6.45) is 1.73. The van der Waals surface area contributed by atoms with Gasteiger partial charge >= 0.3 is 0 Å². The normalized spacial score (nSPS) is 18.4. The minimum Gasteiger partial charge on any atom is -0.508 e. The molecule has 132 valence electrons. The van der Waals surface area contributed by atoms with E-state index in [9.17, 15) is 20.0 Å². The molecule has 9 heteroatoms. The van der Waals surface area contributed by atoms with Crippen LogP contribution < -0.4 is 5.32 Å². The van der Waals surface area contributed by atoms with Crippen LogP contribution in [0.15, 0.2) is 58.7 Å². The smallest absolute Gasteiger partial charge is 0.272 e. The summed E-state index contributed by atoms with van der Waals surface area (Å²) in [5.41, 5.74) is 1.24. The van der Waals surface area contributed by atoms with Gasteiger partial charge in [-0.2, -0.15) is 5.10 Å². The van der Waals surface area contributed by atoms with Gasteiger partial charge in [0, 0.05) is 18.1 Å². The Balaban J connectivity index is 1.67. The van der Waals surface area contributed by atoms with Gasteiger partial charge in [0.1, 0.15) is 5.75 Å². The van der Waals surface area contributed by atoms with Gasteiger partial charge in [-0.1, -0.05) is 30.0 Å². The Kier molecular flexibility index (Phi) is 5.28. The lowest BCUT2D eigenvalue weighted by Gasteiger charge is -2.05. The first-order valence-corrected chi connectivity index (χ1v) is 8.51. The van der Waals surface area contributed by atoms with E-state index in [1.807, 2.05) is 0 Å². The maximum absolute atomic E-state index is 12.1. The highest BCUT2D eigenvalue weighted by Crippen LogP contribution is 2.27. The maximum atomic E-state index is 12.1. The number of nitro benzene ring substituents is 1. The van der Waals surface area contributed by atoms with Crippen molar-refractivity contribution >= 4 is 34.7 Å². The van der Waals surface area contributed by atoms with Crippen LogP contribution in [0.4, 0.5) is 5.69 Å². The van der Waals surface area contributed by atoms with E-state index in [0.29, 0.717) is 10.7 Å². The number of phenols is 1. The molecule has 3 rings (SSSR count). The maximum Gasteiger partial charge on any atom is 0.272 e. The van der Waals surface area contributed by atoms with Gasteiger partial charge in [-0.05, 0) is 29.8 Å². The van der Waals surface area contributed by atoms with Gasteiger partial charge in [-0.25, -0.2) is 0 Å². The zero-order valence-corrected chi connectivity index (χ0v) is 14.2. The predicted octanol–water partition coefficient (Wildman–Crippen LogP) is 2.46. The Morgan fingerprint density at radius 1 is 1.23 bits per heavy atom. The number of thioether (sulfide) groups is 1. The van der Waals surface area contributed by atoms with Crippen molar-refractivity contribution < 1.29 is 14.8 Å². The monoisotopic (exact) mass is 370 g/mol. The Morgan fingerprint density at radius 3 is 2.69 bits per heavy atom. The summed E-state index contributed by atoms with van der Waals surface area (Å²) in [7, 11) is 0. The summed E-state index contributed by atoms with van der Waals surface area (Å²) < 4.78 is 0. The van der Waals surface area contributed by atoms with Gasteiger partial charge in [0.25, 0.3) is 5.69 Å². The number of hydrogen-bond donors (Lipinski definition) is 2. The Morgan fingerprint density at radius 2 is 1.96 bits per heavy atom. The fraction of sp³-hybridized carbons (Fsp3) is 0.118. The molecule has 1 aliphatic heterocycles. The van der Waals surface area contributed by atoms with Crippen molar-refractivity contribution in [1.82, 2.24) is 5.32 Å². The molecule has 1 amide bonds. The van der Waals surface area contributed by atoms with Crippen LogP contribution in [-0.2, 0) is 11.2 Å². The molecular formula is C17H14N4O4S. The highest BCUT2D eigenvalue weighted by Gasteiger charge is 2.32. The first-order chi connectivity index (χ1) is 12.5. The van der Waals surface area contributed by atoms with E-state index in [0.717, 1.165) is 5.56 Å². The number of aromatic hydroxyl groups is 1. The highest BCUT2D eigenvalue weighted by molar-refractivity contribution is 8.15. The number of benzene rings is 2. The predicted molar refractivity (Wildman–Crippen MR) is 99.5 cm³/mol. The second-order valence-corrected chi connectivity index (χ2v) is 6.62. The van der Waals surface area contributed by atoms with Crippen molar-refractivity contribution in [1.29, 1.82) is 0 Å². The molecule has 26 heavy (non-hydrogen) atoms. The summed E-state index contributed by atoms with van der Waals surface area (Å²) in [5, 5.41) is 30.6. The number of para-hydroxylation sites is 1. The number of nitrogens with one attached hydrogen (secondary N) is 1. The number of amides is 1. The van der Waals surface area contributed by atoms with Crippen molar-refractivity contribution in [3.63, 3.8) is 0 Å². The number of nitro groups is 1. The third-order valence-electron chi connectivity index (χ3n) is 3.62. The molecule has 1 fully saturated rings. The number of hydrogen-bond acceptors (Lipinski definition) is 7. The van der Waals surface area contributed by atoms with Gasteiger partial charge < -0.3 is 10.4 Å². The quantitative estimate of drug-likeness (QED) is 0.476. The Bertz CT molecular complexity index is 896. The zero-order chi connectivity index (χ0) is 18.5. The summed E-state index contributed by atoms with van der Waals surface area (Å²) in [5.74, 6) is -0.100. The topological polar surface area (TPSA) is 117 Å². The molecule has 2 aromatic carbocycles. The number of rotatable bonds is 5. The molecule has 0 radical (unpaired) electrons. The molecule has 1 atom stereocenters. The molecule has 0 saturated carbocycles. The number of nitrogens with zero attached hydrogens (tertiary/aromatic N) is 3. The first kappa shape index (κ1) is 17.6. The van der Waals surface area contributed by atoms with Crippen molar-refractivity contribution in [2.24, 2.45) is 10.2 Å². The van der Waals surface area contributed by atoms with Gasteiger partial charge in [0.15, 0.2) is 5.17 Å².